The zero-order valence-electron chi connectivity index (χ0n) is 12.9. The number of nitrogens with one attached hydrogen (secondary N) is 1. The number of rotatable bonds is 2. The quantitative estimate of drug-likeness (QED) is 0.789. The van der Waals surface area contributed by atoms with Gasteiger partial charge < -0.3 is 5.32 Å². The number of carbonyl (C=O) groups excluding carboxylic acids is 1. The second kappa shape index (κ2) is 5.05. The number of imidazole rings is 1. The van der Waals surface area contributed by atoms with Gasteiger partial charge in [-0.15, -0.1) is 0 Å². The minimum atomic E-state index is -0.195. The molecule has 23 heavy (non-hydrogen) atoms. The molecule has 1 aliphatic rings. The van der Waals surface area contributed by atoms with Crippen molar-refractivity contribution in [1.82, 2.24) is 14.5 Å². The van der Waals surface area contributed by atoms with Gasteiger partial charge in [-0.2, -0.15) is 0 Å². The molecule has 1 aliphatic heterocycles. The molecule has 0 aliphatic carbocycles. The number of ketones is 1. The number of aromatic nitrogens is 3. The van der Waals surface area contributed by atoms with Crippen molar-refractivity contribution in [3.63, 3.8) is 0 Å². The highest BCUT2D eigenvalue weighted by atomic mass is 16.1. The Labute approximate surface area is 133 Å². The summed E-state index contributed by atoms with van der Waals surface area (Å²) in [6.07, 6.45) is 3.51. The van der Waals surface area contributed by atoms with Gasteiger partial charge in [0.15, 0.2) is 5.78 Å². The third-order valence-corrected chi connectivity index (χ3v) is 4.23. The Balaban J connectivity index is 2.05. The van der Waals surface area contributed by atoms with E-state index >= 15 is 0 Å². The zero-order chi connectivity index (χ0) is 16.0. The van der Waals surface area contributed by atoms with E-state index in [1.54, 1.807) is 19.3 Å². The van der Waals surface area contributed by atoms with Crippen LogP contribution in [-0.4, -0.2) is 20.3 Å². The highest BCUT2D eigenvalue weighted by molar-refractivity contribution is 5.97. The summed E-state index contributed by atoms with van der Waals surface area (Å²) in [6, 6.07) is 11.7. The minimum absolute atomic E-state index is 0.0558. The average molecular weight is 304 g/mol. The van der Waals surface area contributed by atoms with Crippen molar-refractivity contribution in [3.05, 3.63) is 65.6 Å². The lowest BCUT2D eigenvalue weighted by Crippen LogP contribution is -2.26. The number of allylic oxidation sites excluding steroid dienone is 2. The molecule has 0 radical (unpaired) electrons. The van der Waals surface area contributed by atoms with Gasteiger partial charge in [-0.05, 0) is 43.7 Å². The van der Waals surface area contributed by atoms with Gasteiger partial charge >= 0.3 is 0 Å². The molecule has 0 bridgehead atoms. The van der Waals surface area contributed by atoms with Gasteiger partial charge in [-0.25, -0.2) is 4.98 Å². The molecular formula is C18H16N4O. The molecule has 0 fully saturated rings. The van der Waals surface area contributed by atoms with E-state index in [4.69, 9.17) is 0 Å². The molecule has 0 saturated carbocycles. The van der Waals surface area contributed by atoms with Gasteiger partial charge in [-0.3, -0.25) is 14.3 Å². The van der Waals surface area contributed by atoms with Crippen LogP contribution in [0.3, 0.4) is 0 Å². The lowest BCUT2D eigenvalue weighted by molar-refractivity contribution is -0.114. The van der Waals surface area contributed by atoms with Crippen LogP contribution in [0.15, 0.2) is 60.1 Å². The highest BCUT2D eigenvalue weighted by Crippen LogP contribution is 2.38. The Morgan fingerprint density at radius 3 is 2.65 bits per heavy atom. The molecule has 114 valence electrons. The fourth-order valence-corrected chi connectivity index (χ4v) is 3.28. The Morgan fingerprint density at radius 1 is 1.17 bits per heavy atom. The van der Waals surface area contributed by atoms with E-state index in [9.17, 15) is 4.79 Å². The van der Waals surface area contributed by atoms with Crippen molar-refractivity contribution in [2.75, 3.05) is 5.32 Å². The van der Waals surface area contributed by atoms with Gasteiger partial charge in [0.05, 0.1) is 17.1 Å². The number of pyridine rings is 1. The summed E-state index contributed by atoms with van der Waals surface area (Å²) in [5.41, 5.74) is 4.54. The summed E-state index contributed by atoms with van der Waals surface area (Å²) >= 11 is 0. The van der Waals surface area contributed by atoms with E-state index in [0.29, 0.717) is 0 Å². The molecule has 3 aromatic rings. The van der Waals surface area contributed by atoms with Crippen LogP contribution in [0.2, 0.25) is 0 Å². The van der Waals surface area contributed by atoms with Gasteiger partial charge in [-0.1, -0.05) is 12.1 Å². The first-order chi connectivity index (χ1) is 11.2. The molecule has 0 amide bonds. The van der Waals surface area contributed by atoms with Gasteiger partial charge in [0.1, 0.15) is 0 Å². The van der Waals surface area contributed by atoms with Gasteiger partial charge in [0.2, 0.25) is 5.95 Å². The highest BCUT2D eigenvalue weighted by Gasteiger charge is 2.32. The Hall–Kier alpha value is -2.95. The summed E-state index contributed by atoms with van der Waals surface area (Å²) in [6.45, 7) is 3.53. The molecule has 5 nitrogen and oxygen atoms in total. The van der Waals surface area contributed by atoms with Crippen molar-refractivity contribution in [2.45, 2.75) is 19.9 Å². The monoisotopic (exact) mass is 304 g/mol. The SMILES string of the molecule is CC(=O)C1=C(C)Nc2nc3ccccc3n2[C@@H]1c1ccncc1. The second-order valence-corrected chi connectivity index (χ2v) is 5.70. The molecule has 1 aromatic carbocycles. The van der Waals surface area contributed by atoms with Gasteiger partial charge in [0, 0.05) is 23.7 Å². The number of Topliss-reactive ketones (excluding diaryl/α,β-unsaturated/α-hetero) is 1. The van der Waals surface area contributed by atoms with Crippen molar-refractivity contribution in [1.29, 1.82) is 0 Å². The Bertz CT molecular complexity index is 940. The van der Waals surface area contributed by atoms with Crippen molar-refractivity contribution in [3.8, 4) is 0 Å². The van der Waals surface area contributed by atoms with Crippen molar-refractivity contribution < 1.29 is 4.79 Å². The van der Waals surface area contributed by atoms with E-state index in [1.165, 1.54) is 0 Å². The van der Waals surface area contributed by atoms with Crippen LogP contribution in [0.5, 0.6) is 0 Å². The second-order valence-electron chi connectivity index (χ2n) is 5.70. The molecule has 5 heteroatoms. The largest absolute Gasteiger partial charge is 0.329 e. The molecule has 3 heterocycles. The van der Waals surface area contributed by atoms with Gasteiger partial charge in [0.25, 0.3) is 0 Å². The first-order valence-corrected chi connectivity index (χ1v) is 7.52. The predicted molar refractivity (Wildman–Crippen MR) is 89.1 cm³/mol. The maximum atomic E-state index is 12.3. The maximum Gasteiger partial charge on any atom is 0.209 e. The van der Waals surface area contributed by atoms with Crippen LogP contribution >= 0.6 is 0 Å². The zero-order valence-corrected chi connectivity index (χ0v) is 12.9. The average Bonchev–Trinajstić information content (AvgIpc) is 2.91. The fourth-order valence-electron chi connectivity index (χ4n) is 3.28. The molecule has 4 rings (SSSR count). The smallest absolute Gasteiger partial charge is 0.209 e. The fraction of sp³-hybridized carbons (Fsp3) is 0.167. The standard InChI is InChI=1S/C18H16N4O/c1-11-16(12(2)23)17(13-7-9-19-10-8-13)22-15-6-4-3-5-14(15)21-18(22)20-11/h3-10,17H,1-2H3,(H,20,21)/t17-/m1/s1. The number of hydrogen-bond acceptors (Lipinski definition) is 4. The lowest BCUT2D eigenvalue weighted by atomic mass is 9.93. The van der Waals surface area contributed by atoms with E-state index in [2.05, 4.69) is 19.9 Å². The van der Waals surface area contributed by atoms with Crippen LogP contribution in [0.4, 0.5) is 5.95 Å². The number of benzene rings is 1. The predicted octanol–water partition coefficient (Wildman–Crippen LogP) is 3.31. The van der Waals surface area contributed by atoms with Crippen LogP contribution in [0.1, 0.15) is 25.5 Å². The van der Waals surface area contributed by atoms with E-state index in [-0.39, 0.29) is 11.8 Å². The molecule has 0 saturated heterocycles. The summed E-state index contributed by atoms with van der Waals surface area (Å²) in [7, 11) is 0. The summed E-state index contributed by atoms with van der Waals surface area (Å²) in [5.74, 6) is 0.816. The van der Waals surface area contributed by atoms with E-state index in [1.807, 2.05) is 43.3 Å². The molecule has 1 atom stereocenters. The van der Waals surface area contributed by atoms with E-state index < -0.39 is 0 Å². The van der Waals surface area contributed by atoms with Crippen molar-refractivity contribution >= 4 is 22.8 Å². The first kappa shape index (κ1) is 13.7. The van der Waals surface area contributed by atoms with Crippen molar-refractivity contribution in [2.24, 2.45) is 0 Å². The Kier molecular flexibility index (Phi) is 3.01. The summed E-state index contributed by atoms with van der Waals surface area (Å²) < 4.78 is 2.09. The van der Waals surface area contributed by atoms with Crippen LogP contribution in [0.25, 0.3) is 11.0 Å². The summed E-state index contributed by atoms with van der Waals surface area (Å²) in [4.78, 5) is 21.1. The number of carbonyl (C=O) groups is 1. The number of fused-ring (bicyclic) bond motifs is 3. The molecular weight excluding hydrogens is 288 g/mol. The number of anilines is 1. The van der Waals surface area contributed by atoms with Crippen LogP contribution in [0, 0.1) is 0 Å². The third-order valence-electron chi connectivity index (χ3n) is 4.23. The lowest BCUT2D eigenvalue weighted by Gasteiger charge is -2.30. The third kappa shape index (κ3) is 2.04. The molecule has 0 unspecified atom stereocenters. The maximum absolute atomic E-state index is 12.3. The molecule has 1 N–H and O–H groups in total. The van der Waals surface area contributed by atoms with E-state index in [0.717, 1.165) is 33.8 Å². The van der Waals surface area contributed by atoms with Crippen LogP contribution in [-0.2, 0) is 4.79 Å². The molecule has 2 aromatic heterocycles. The Morgan fingerprint density at radius 2 is 1.91 bits per heavy atom. The minimum Gasteiger partial charge on any atom is -0.329 e. The number of para-hydroxylation sites is 2. The number of nitrogens with zero attached hydrogens (tertiary/aromatic N) is 3. The number of hydrogen-bond donors (Lipinski definition) is 1. The molecule has 0 spiro atoms. The van der Waals surface area contributed by atoms with Crippen LogP contribution < -0.4 is 5.32 Å². The topological polar surface area (TPSA) is 59.8 Å². The first-order valence-electron chi connectivity index (χ1n) is 7.52. The summed E-state index contributed by atoms with van der Waals surface area (Å²) in [5, 5.41) is 3.28. The normalized spacial score (nSPS) is 17.0.